The first-order chi connectivity index (χ1) is 11.2. The Kier molecular flexibility index (Phi) is 4.64. The molecule has 116 valence electrons. The van der Waals surface area contributed by atoms with Crippen LogP contribution in [-0.4, -0.2) is 17.3 Å². The van der Waals surface area contributed by atoms with Gasteiger partial charge in [0.15, 0.2) is 4.32 Å². The van der Waals surface area contributed by atoms with Gasteiger partial charge in [0, 0.05) is 0 Å². The summed E-state index contributed by atoms with van der Waals surface area (Å²) in [6.45, 7) is 0. The maximum absolute atomic E-state index is 12.5. The largest absolute Gasteiger partial charge is 0.497 e. The topological polar surface area (TPSA) is 42.7 Å². The van der Waals surface area contributed by atoms with Gasteiger partial charge in [0.25, 0.3) is 5.91 Å². The molecule has 0 aliphatic carbocycles. The SMILES string of the molecule is COc1ccc(N2C(=O)C(=CC=Cc3ccco3)SC2=S)cc1. The van der Waals surface area contributed by atoms with Crippen LogP contribution in [0.1, 0.15) is 5.76 Å². The van der Waals surface area contributed by atoms with E-state index in [1.807, 2.05) is 24.3 Å². The Labute approximate surface area is 143 Å². The van der Waals surface area contributed by atoms with E-state index < -0.39 is 0 Å². The summed E-state index contributed by atoms with van der Waals surface area (Å²) in [6, 6.07) is 10.9. The molecule has 1 aromatic carbocycles. The maximum atomic E-state index is 12.5. The lowest BCUT2D eigenvalue weighted by Crippen LogP contribution is -2.27. The smallest absolute Gasteiger partial charge is 0.270 e. The quantitative estimate of drug-likeness (QED) is 0.613. The van der Waals surface area contributed by atoms with E-state index in [1.165, 1.54) is 16.7 Å². The number of allylic oxidation sites excluding steroid dienone is 2. The minimum absolute atomic E-state index is 0.130. The molecule has 6 heteroatoms. The predicted molar refractivity (Wildman–Crippen MR) is 96.5 cm³/mol. The molecule has 1 aromatic heterocycles. The molecule has 0 spiro atoms. The fourth-order valence-electron chi connectivity index (χ4n) is 2.05. The zero-order valence-corrected chi connectivity index (χ0v) is 13.9. The van der Waals surface area contributed by atoms with Crippen LogP contribution in [0.5, 0.6) is 5.75 Å². The van der Waals surface area contributed by atoms with E-state index in [2.05, 4.69) is 0 Å². The molecule has 3 rings (SSSR count). The molecule has 1 saturated heterocycles. The fraction of sp³-hybridized carbons (Fsp3) is 0.0588. The summed E-state index contributed by atoms with van der Waals surface area (Å²) in [5.74, 6) is 1.33. The molecule has 0 saturated carbocycles. The lowest BCUT2D eigenvalue weighted by atomic mass is 10.2. The number of hydrogen-bond donors (Lipinski definition) is 0. The summed E-state index contributed by atoms with van der Waals surface area (Å²) in [5, 5.41) is 0. The summed E-state index contributed by atoms with van der Waals surface area (Å²) in [7, 11) is 1.60. The minimum Gasteiger partial charge on any atom is -0.497 e. The number of carbonyl (C=O) groups is 1. The average molecular weight is 343 g/mol. The zero-order valence-electron chi connectivity index (χ0n) is 12.3. The second-order valence-electron chi connectivity index (χ2n) is 4.61. The minimum atomic E-state index is -0.130. The van der Waals surface area contributed by atoms with E-state index in [0.29, 0.717) is 9.23 Å². The van der Waals surface area contributed by atoms with Crippen molar-refractivity contribution in [2.75, 3.05) is 12.0 Å². The van der Waals surface area contributed by atoms with E-state index >= 15 is 0 Å². The molecule has 0 bridgehead atoms. The van der Waals surface area contributed by atoms with Crippen molar-refractivity contribution in [2.45, 2.75) is 0 Å². The number of hydrogen-bond acceptors (Lipinski definition) is 5. The van der Waals surface area contributed by atoms with Gasteiger partial charge in [-0.05, 0) is 48.6 Å². The van der Waals surface area contributed by atoms with Crippen molar-refractivity contribution in [2.24, 2.45) is 0 Å². The highest BCUT2D eigenvalue weighted by atomic mass is 32.2. The molecule has 1 fully saturated rings. The van der Waals surface area contributed by atoms with E-state index in [0.717, 1.165) is 17.2 Å². The monoisotopic (exact) mass is 343 g/mol. The van der Waals surface area contributed by atoms with Gasteiger partial charge in [-0.25, -0.2) is 0 Å². The molecule has 0 atom stereocenters. The molecular weight excluding hydrogens is 330 g/mol. The fourth-order valence-corrected chi connectivity index (χ4v) is 3.30. The number of methoxy groups -OCH3 is 1. The summed E-state index contributed by atoms with van der Waals surface area (Å²) >= 11 is 6.60. The molecule has 2 heterocycles. The lowest BCUT2D eigenvalue weighted by Gasteiger charge is -2.14. The molecule has 4 nitrogen and oxygen atoms in total. The normalized spacial score (nSPS) is 16.7. The Morgan fingerprint density at radius 1 is 1.26 bits per heavy atom. The van der Waals surface area contributed by atoms with Gasteiger partial charge in [0.05, 0.1) is 24.0 Å². The highest BCUT2D eigenvalue weighted by molar-refractivity contribution is 8.27. The Morgan fingerprint density at radius 3 is 2.70 bits per heavy atom. The first kappa shape index (κ1) is 15.6. The van der Waals surface area contributed by atoms with Gasteiger partial charge < -0.3 is 9.15 Å². The van der Waals surface area contributed by atoms with Crippen LogP contribution in [-0.2, 0) is 4.79 Å². The van der Waals surface area contributed by atoms with Crippen LogP contribution < -0.4 is 9.64 Å². The first-order valence-electron chi connectivity index (χ1n) is 6.81. The van der Waals surface area contributed by atoms with Crippen LogP contribution in [0.25, 0.3) is 6.08 Å². The summed E-state index contributed by atoms with van der Waals surface area (Å²) in [6.07, 6.45) is 6.91. The molecule has 1 aliphatic heterocycles. The van der Waals surface area contributed by atoms with E-state index in [9.17, 15) is 4.79 Å². The molecule has 1 amide bonds. The van der Waals surface area contributed by atoms with Gasteiger partial charge in [0.2, 0.25) is 0 Å². The van der Waals surface area contributed by atoms with Crippen molar-refractivity contribution in [1.29, 1.82) is 0 Å². The van der Waals surface area contributed by atoms with E-state index in [4.69, 9.17) is 21.4 Å². The third-order valence-corrected chi connectivity index (χ3v) is 4.50. The van der Waals surface area contributed by atoms with Gasteiger partial charge in [-0.2, -0.15) is 0 Å². The number of rotatable bonds is 4. The molecular formula is C17H13NO3S2. The molecule has 1 aliphatic rings. The Hall–Kier alpha value is -2.31. The maximum Gasteiger partial charge on any atom is 0.270 e. The van der Waals surface area contributed by atoms with Crippen molar-refractivity contribution in [1.82, 2.24) is 0 Å². The third-order valence-electron chi connectivity index (χ3n) is 3.18. The van der Waals surface area contributed by atoms with Crippen molar-refractivity contribution < 1.29 is 13.9 Å². The van der Waals surface area contributed by atoms with Crippen LogP contribution in [0.2, 0.25) is 0 Å². The van der Waals surface area contributed by atoms with Gasteiger partial charge in [-0.1, -0.05) is 30.1 Å². The molecule has 0 radical (unpaired) electrons. The Morgan fingerprint density at radius 2 is 2.04 bits per heavy atom. The van der Waals surface area contributed by atoms with Crippen molar-refractivity contribution in [3.05, 3.63) is 65.5 Å². The average Bonchev–Trinajstić information content (AvgIpc) is 3.17. The Bertz CT molecular complexity index is 777. The molecule has 0 unspecified atom stereocenters. The number of anilines is 1. The number of benzene rings is 1. The number of amides is 1. The number of furan rings is 1. The molecule has 23 heavy (non-hydrogen) atoms. The highest BCUT2D eigenvalue weighted by Crippen LogP contribution is 2.35. The number of nitrogens with zero attached hydrogens (tertiary/aromatic N) is 1. The Balaban J connectivity index is 1.79. The molecule has 0 N–H and O–H groups in total. The summed E-state index contributed by atoms with van der Waals surface area (Å²) < 4.78 is 10.8. The van der Waals surface area contributed by atoms with E-state index in [1.54, 1.807) is 43.7 Å². The van der Waals surface area contributed by atoms with E-state index in [-0.39, 0.29) is 5.91 Å². The van der Waals surface area contributed by atoms with Crippen LogP contribution in [0, 0.1) is 0 Å². The van der Waals surface area contributed by atoms with Crippen LogP contribution in [0.3, 0.4) is 0 Å². The number of thioether (sulfide) groups is 1. The number of thiocarbonyl (C=S) groups is 1. The van der Waals surface area contributed by atoms with Gasteiger partial charge in [-0.3, -0.25) is 9.69 Å². The summed E-state index contributed by atoms with van der Waals surface area (Å²) in [5.41, 5.74) is 0.728. The third kappa shape index (κ3) is 3.38. The van der Waals surface area contributed by atoms with Gasteiger partial charge in [0.1, 0.15) is 11.5 Å². The highest BCUT2D eigenvalue weighted by Gasteiger charge is 2.32. The number of carbonyl (C=O) groups excluding carboxylic acids is 1. The predicted octanol–water partition coefficient (Wildman–Crippen LogP) is 4.25. The van der Waals surface area contributed by atoms with Gasteiger partial charge in [-0.15, -0.1) is 0 Å². The van der Waals surface area contributed by atoms with Gasteiger partial charge >= 0.3 is 0 Å². The molecule has 2 aromatic rings. The van der Waals surface area contributed by atoms with Crippen molar-refractivity contribution >= 4 is 46.0 Å². The summed E-state index contributed by atoms with van der Waals surface area (Å²) in [4.78, 5) is 14.6. The van der Waals surface area contributed by atoms with Crippen LogP contribution >= 0.6 is 24.0 Å². The standard InChI is InChI=1S/C17H13NO3S2/c1-20-13-9-7-12(8-10-13)18-16(19)15(23-17(18)22)6-2-4-14-5-3-11-21-14/h2-11H,1H3. The number of ether oxygens (including phenoxy) is 1. The lowest BCUT2D eigenvalue weighted by molar-refractivity contribution is -0.113. The zero-order chi connectivity index (χ0) is 16.2. The second kappa shape index (κ2) is 6.85. The van der Waals surface area contributed by atoms with Crippen molar-refractivity contribution in [3.63, 3.8) is 0 Å². The van der Waals surface area contributed by atoms with Crippen molar-refractivity contribution in [3.8, 4) is 5.75 Å². The van der Waals surface area contributed by atoms with Crippen LogP contribution in [0.4, 0.5) is 5.69 Å². The second-order valence-corrected chi connectivity index (χ2v) is 6.29. The first-order valence-corrected chi connectivity index (χ1v) is 8.03. The van der Waals surface area contributed by atoms with Crippen LogP contribution in [0.15, 0.2) is 64.1 Å².